The largest absolute Gasteiger partial charge is 0.466 e. The number of sulfonamides is 1. The molecule has 1 amide bonds. The first-order chi connectivity index (χ1) is 17.0. The molecule has 0 bridgehead atoms. The molecule has 2 heterocycles. The van der Waals surface area contributed by atoms with E-state index in [9.17, 15) is 13.2 Å². The molecular formula is C21H26N3O10PS. The summed E-state index contributed by atoms with van der Waals surface area (Å²) in [6.45, 7) is 2.85. The number of carbonyl (C=O) groups excluding carboxylic acids is 1. The highest BCUT2D eigenvalue weighted by molar-refractivity contribution is 7.89. The highest BCUT2D eigenvalue weighted by Gasteiger charge is 2.30. The number of hydroxylamine groups is 1. The van der Waals surface area contributed by atoms with Gasteiger partial charge >= 0.3 is 7.82 Å². The molecule has 5 N–H and O–H groups in total. The van der Waals surface area contributed by atoms with E-state index in [-0.39, 0.29) is 11.7 Å². The van der Waals surface area contributed by atoms with E-state index in [0.717, 1.165) is 23.1 Å². The summed E-state index contributed by atoms with van der Waals surface area (Å²) < 4.78 is 47.5. The number of carbonyl (C=O) groups is 1. The van der Waals surface area contributed by atoms with Gasteiger partial charge in [-0.1, -0.05) is 24.3 Å². The molecule has 2 aliphatic heterocycles. The quantitative estimate of drug-likeness (QED) is 0.148. The van der Waals surface area contributed by atoms with Crippen LogP contribution < -0.4 is 15.0 Å². The molecule has 0 atom stereocenters. The van der Waals surface area contributed by atoms with E-state index in [1.165, 1.54) is 21.9 Å². The van der Waals surface area contributed by atoms with E-state index in [4.69, 9.17) is 33.9 Å². The zero-order valence-corrected chi connectivity index (χ0v) is 20.6. The van der Waals surface area contributed by atoms with Gasteiger partial charge in [-0.05, 0) is 35.4 Å². The molecule has 13 nitrogen and oxygen atoms in total. The third kappa shape index (κ3) is 7.85. The second-order valence-corrected chi connectivity index (χ2v) is 10.7. The third-order valence-corrected chi connectivity index (χ3v) is 7.21. The lowest BCUT2D eigenvalue weighted by Gasteiger charge is -2.34. The van der Waals surface area contributed by atoms with Crippen molar-refractivity contribution in [2.45, 2.75) is 11.4 Å². The molecule has 15 heteroatoms. The summed E-state index contributed by atoms with van der Waals surface area (Å²) in [6.07, 6.45) is 2.45. The molecule has 0 aromatic heterocycles. The molecule has 2 aromatic rings. The Kier molecular flexibility index (Phi) is 9.22. The highest BCUT2D eigenvalue weighted by Crippen LogP contribution is 2.33. The molecule has 0 radical (unpaired) electrons. The average molecular weight is 543 g/mol. The summed E-state index contributed by atoms with van der Waals surface area (Å²) in [6, 6.07) is 12.3. The molecule has 1 saturated heterocycles. The smallest absolute Gasteiger partial charge is 0.454 e. The van der Waals surface area contributed by atoms with Gasteiger partial charge in [0.2, 0.25) is 16.8 Å². The summed E-state index contributed by atoms with van der Waals surface area (Å²) in [4.78, 5) is 35.2. The monoisotopic (exact) mass is 543 g/mol. The maximum absolute atomic E-state index is 13.2. The van der Waals surface area contributed by atoms with Gasteiger partial charge in [0, 0.05) is 38.8 Å². The van der Waals surface area contributed by atoms with Crippen LogP contribution in [0, 0.1) is 0 Å². The number of benzene rings is 2. The summed E-state index contributed by atoms with van der Waals surface area (Å²) in [5.41, 5.74) is 2.95. The van der Waals surface area contributed by atoms with Crippen LogP contribution in [0.4, 0.5) is 0 Å². The SMILES string of the molecule is O=C(C=Cc1ccccc1S(=O)(=O)N1CCN(Cc2ccc3c(c2)OCO3)CC1)NO.O=P(O)(O)O. The summed E-state index contributed by atoms with van der Waals surface area (Å²) in [5.74, 6) is 0.742. The molecule has 196 valence electrons. The zero-order chi connectivity index (χ0) is 26.3. The average Bonchev–Trinajstić information content (AvgIpc) is 3.30. The van der Waals surface area contributed by atoms with Crippen molar-refractivity contribution in [3.05, 3.63) is 59.7 Å². The van der Waals surface area contributed by atoms with E-state index in [2.05, 4.69) is 4.90 Å². The van der Waals surface area contributed by atoms with E-state index in [0.29, 0.717) is 38.3 Å². The number of phosphoric acid groups is 1. The van der Waals surface area contributed by atoms with Crippen molar-refractivity contribution >= 4 is 29.8 Å². The number of hydrogen-bond donors (Lipinski definition) is 5. The number of fused-ring (bicyclic) bond motifs is 1. The first-order valence-electron chi connectivity index (χ1n) is 10.6. The Bertz CT molecular complexity index is 1250. The number of nitrogens with one attached hydrogen (secondary N) is 1. The highest BCUT2D eigenvalue weighted by atomic mass is 32.2. The molecule has 2 aromatic carbocycles. The predicted octanol–water partition coefficient (Wildman–Crippen LogP) is 0.512. The molecule has 1 fully saturated rings. The van der Waals surface area contributed by atoms with Crippen molar-refractivity contribution in [1.29, 1.82) is 0 Å². The summed E-state index contributed by atoms with van der Waals surface area (Å²) >= 11 is 0. The van der Waals surface area contributed by atoms with Crippen LogP contribution in [0.3, 0.4) is 0 Å². The fourth-order valence-electron chi connectivity index (χ4n) is 3.62. The Balaban J connectivity index is 0.000000658. The fraction of sp³-hybridized carbons (Fsp3) is 0.286. The lowest BCUT2D eigenvalue weighted by Crippen LogP contribution is -2.48. The van der Waals surface area contributed by atoms with E-state index in [1.54, 1.807) is 18.2 Å². The lowest BCUT2D eigenvalue weighted by atomic mass is 10.2. The summed E-state index contributed by atoms with van der Waals surface area (Å²) in [5, 5.41) is 8.63. The number of piperazine rings is 1. The van der Waals surface area contributed by atoms with Crippen LogP contribution in [0.2, 0.25) is 0 Å². The van der Waals surface area contributed by atoms with Crippen LogP contribution >= 0.6 is 7.82 Å². The van der Waals surface area contributed by atoms with E-state index in [1.807, 2.05) is 18.2 Å². The Morgan fingerprint density at radius 2 is 1.67 bits per heavy atom. The molecule has 0 unspecified atom stereocenters. The van der Waals surface area contributed by atoms with E-state index < -0.39 is 23.8 Å². The van der Waals surface area contributed by atoms with Gasteiger partial charge in [0.15, 0.2) is 11.5 Å². The first-order valence-corrected chi connectivity index (χ1v) is 13.6. The van der Waals surface area contributed by atoms with Crippen LogP contribution in [0.5, 0.6) is 11.5 Å². The van der Waals surface area contributed by atoms with Gasteiger partial charge < -0.3 is 24.2 Å². The van der Waals surface area contributed by atoms with Gasteiger partial charge in [-0.15, -0.1) is 0 Å². The third-order valence-electron chi connectivity index (χ3n) is 5.24. The van der Waals surface area contributed by atoms with Crippen LogP contribution in [-0.4, -0.2) is 76.4 Å². The van der Waals surface area contributed by atoms with Crippen LogP contribution in [0.1, 0.15) is 11.1 Å². The standard InChI is InChI=1S/C21H23N3O6S.H3O4P/c25-21(22-26)8-6-17-3-1-2-4-20(17)31(27,28)24-11-9-23(10-12-24)14-16-5-7-18-19(13-16)30-15-29-18;1-5(2,3)4/h1-8,13,26H,9-12,14-15H2,(H,22,25);(H3,1,2,3,4). The normalized spacial score (nSPS) is 16.4. The molecule has 0 spiro atoms. The maximum atomic E-state index is 13.2. The lowest BCUT2D eigenvalue weighted by molar-refractivity contribution is -0.124. The van der Waals surface area contributed by atoms with Crippen LogP contribution in [0.25, 0.3) is 6.08 Å². The van der Waals surface area contributed by atoms with Crippen molar-refractivity contribution in [3.8, 4) is 11.5 Å². The Morgan fingerprint density at radius 3 is 2.33 bits per heavy atom. The number of hydrogen-bond acceptors (Lipinski definition) is 8. The summed E-state index contributed by atoms with van der Waals surface area (Å²) in [7, 11) is -8.37. The van der Waals surface area contributed by atoms with Gasteiger partial charge in [-0.2, -0.15) is 4.31 Å². The number of ether oxygens (including phenoxy) is 2. The Morgan fingerprint density at radius 1 is 1.03 bits per heavy atom. The second-order valence-electron chi connectivity index (χ2n) is 7.73. The van der Waals surface area contributed by atoms with Crippen molar-refractivity contribution in [3.63, 3.8) is 0 Å². The van der Waals surface area contributed by atoms with Crippen LogP contribution in [-0.2, 0) is 25.9 Å². The maximum Gasteiger partial charge on any atom is 0.466 e. The van der Waals surface area contributed by atoms with Gasteiger partial charge in [0.1, 0.15) is 0 Å². The van der Waals surface area contributed by atoms with Crippen molar-refractivity contribution < 1.29 is 47.1 Å². The van der Waals surface area contributed by atoms with Crippen molar-refractivity contribution in [2.24, 2.45) is 0 Å². The number of nitrogens with zero attached hydrogens (tertiary/aromatic N) is 2. The minimum Gasteiger partial charge on any atom is -0.454 e. The van der Waals surface area contributed by atoms with Crippen LogP contribution in [0.15, 0.2) is 53.4 Å². The fourth-order valence-corrected chi connectivity index (χ4v) is 5.23. The Labute approximate surface area is 207 Å². The van der Waals surface area contributed by atoms with Gasteiger partial charge in [0.25, 0.3) is 5.91 Å². The number of rotatable bonds is 6. The van der Waals surface area contributed by atoms with Gasteiger partial charge in [-0.25, -0.2) is 18.5 Å². The minimum absolute atomic E-state index is 0.126. The zero-order valence-electron chi connectivity index (χ0n) is 18.9. The minimum atomic E-state index is -4.64. The molecule has 4 rings (SSSR count). The molecule has 2 aliphatic rings. The van der Waals surface area contributed by atoms with Gasteiger partial charge in [-0.3, -0.25) is 14.9 Å². The van der Waals surface area contributed by atoms with Crippen molar-refractivity contribution in [1.82, 2.24) is 14.7 Å². The van der Waals surface area contributed by atoms with E-state index >= 15 is 0 Å². The topological polar surface area (TPSA) is 186 Å². The molecule has 0 saturated carbocycles. The Hall–Kier alpha value is -2.81. The predicted molar refractivity (Wildman–Crippen MR) is 126 cm³/mol. The van der Waals surface area contributed by atoms with Crippen molar-refractivity contribution in [2.75, 3.05) is 33.0 Å². The first kappa shape index (κ1) is 27.8. The number of amides is 1. The van der Waals surface area contributed by atoms with Gasteiger partial charge in [0.05, 0.1) is 4.90 Å². The second kappa shape index (κ2) is 12.0. The molecule has 36 heavy (non-hydrogen) atoms. The molecular weight excluding hydrogens is 517 g/mol. The molecule has 0 aliphatic carbocycles.